The van der Waals surface area contributed by atoms with Gasteiger partial charge in [-0.2, -0.15) is 0 Å². The Hall–Kier alpha value is -4.60. The van der Waals surface area contributed by atoms with Crippen LogP contribution in [0.1, 0.15) is 32.6 Å². The topological polar surface area (TPSA) is 134 Å². The second-order valence-electron chi connectivity index (χ2n) is 7.48. The molecule has 0 N–H and O–H groups in total. The van der Waals surface area contributed by atoms with Crippen molar-refractivity contribution in [2.75, 3.05) is 7.11 Å². The van der Waals surface area contributed by atoms with E-state index in [4.69, 9.17) is 9.57 Å². The maximum Gasteiger partial charge on any atom is 0.365 e. The largest absolute Gasteiger partial charge is 0.490 e. The minimum absolute atomic E-state index is 0.0131. The molecule has 3 aromatic carbocycles. The number of non-ortho nitro benzene ring substituents is 1. The van der Waals surface area contributed by atoms with Crippen LogP contribution in [-0.2, 0) is 11.3 Å². The number of rotatable bonds is 8. The van der Waals surface area contributed by atoms with Crippen LogP contribution in [0, 0.1) is 34.1 Å². The Balaban J connectivity index is 1.93. The Morgan fingerprint density at radius 1 is 0.941 bits per heavy atom. The first kappa shape index (κ1) is 24.1. The van der Waals surface area contributed by atoms with Crippen molar-refractivity contribution < 1.29 is 24.2 Å². The number of aryl methyl sites for hydroxylation is 2. The number of hydrogen-bond acceptors (Lipinski definition) is 8. The van der Waals surface area contributed by atoms with Crippen LogP contribution in [0.3, 0.4) is 0 Å². The lowest BCUT2D eigenvalue weighted by molar-refractivity contribution is -0.385. The summed E-state index contributed by atoms with van der Waals surface area (Å²) in [6.45, 7) is 3.84. The van der Waals surface area contributed by atoms with E-state index >= 15 is 0 Å². The van der Waals surface area contributed by atoms with Gasteiger partial charge in [0.15, 0.2) is 5.75 Å². The number of benzene rings is 3. The van der Waals surface area contributed by atoms with Crippen LogP contribution in [0.4, 0.5) is 11.4 Å². The molecule has 0 aliphatic carbocycles. The lowest BCUT2D eigenvalue weighted by Gasteiger charge is -2.11. The van der Waals surface area contributed by atoms with Gasteiger partial charge in [-0.05, 0) is 37.1 Å². The Morgan fingerprint density at radius 3 is 2.24 bits per heavy atom. The van der Waals surface area contributed by atoms with E-state index in [0.717, 1.165) is 28.3 Å². The second-order valence-corrected chi connectivity index (χ2v) is 7.48. The lowest BCUT2D eigenvalue weighted by atomic mass is 9.97. The molecule has 0 spiro atoms. The third-order valence-electron chi connectivity index (χ3n) is 5.06. The number of hydrogen-bond donors (Lipinski definition) is 0. The number of carbonyl (C=O) groups is 1. The number of nitro groups is 2. The highest BCUT2D eigenvalue weighted by Crippen LogP contribution is 2.28. The van der Waals surface area contributed by atoms with Gasteiger partial charge in [0.25, 0.3) is 5.69 Å². The van der Waals surface area contributed by atoms with Gasteiger partial charge in [-0.1, -0.05) is 41.1 Å². The summed E-state index contributed by atoms with van der Waals surface area (Å²) in [6, 6.07) is 15.4. The summed E-state index contributed by atoms with van der Waals surface area (Å²) in [5.74, 6) is -0.865. The van der Waals surface area contributed by atoms with Crippen LogP contribution in [-0.4, -0.2) is 28.6 Å². The van der Waals surface area contributed by atoms with Crippen molar-refractivity contribution in [1.29, 1.82) is 0 Å². The number of nitro benzene ring substituents is 2. The van der Waals surface area contributed by atoms with Crippen molar-refractivity contribution in [3.8, 4) is 5.75 Å². The van der Waals surface area contributed by atoms with Crippen LogP contribution in [0.15, 0.2) is 65.8 Å². The number of carbonyl (C=O) groups excluding carboxylic acids is 1. The standard InChI is InChI=1S/C24H21N3O7/c1-15-4-10-20(16(2)12-15)21(13-17-5-8-19(9-6-17)26(29)30)25-34-24(28)18-7-11-23(33-3)22(14-18)27(31)32/h4-12,14H,13H2,1-3H3/b25-21+. The lowest BCUT2D eigenvalue weighted by Crippen LogP contribution is -2.11. The molecule has 0 bridgehead atoms. The van der Waals surface area contributed by atoms with E-state index in [1.54, 1.807) is 12.1 Å². The van der Waals surface area contributed by atoms with E-state index in [0.29, 0.717) is 5.71 Å². The monoisotopic (exact) mass is 463 g/mol. The first-order valence-electron chi connectivity index (χ1n) is 10.1. The molecule has 0 unspecified atom stereocenters. The highest BCUT2D eigenvalue weighted by molar-refractivity contribution is 6.03. The molecule has 10 heteroatoms. The smallest absolute Gasteiger partial charge is 0.365 e. The zero-order valence-corrected chi connectivity index (χ0v) is 18.7. The Bertz CT molecular complexity index is 1280. The predicted octanol–water partition coefficient (Wildman–Crippen LogP) is 4.93. The molecule has 0 aliphatic rings. The summed E-state index contributed by atoms with van der Waals surface area (Å²) in [4.78, 5) is 38.8. The van der Waals surface area contributed by atoms with Gasteiger partial charge in [0, 0.05) is 30.2 Å². The summed E-state index contributed by atoms with van der Waals surface area (Å²) in [7, 11) is 1.29. The quantitative estimate of drug-likeness (QED) is 0.200. The van der Waals surface area contributed by atoms with E-state index in [1.165, 1.54) is 31.4 Å². The molecular formula is C24H21N3O7. The SMILES string of the molecule is COc1ccc(C(=O)O/N=C(\Cc2ccc([N+](=O)[O-])cc2)c2ccc(C)cc2C)cc1[N+](=O)[O-]. The van der Waals surface area contributed by atoms with Gasteiger partial charge in [-0.25, -0.2) is 4.79 Å². The minimum atomic E-state index is -0.878. The van der Waals surface area contributed by atoms with Gasteiger partial charge in [0.1, 0.15) is 0 Å². The maximum absolute atomic E-state index is 12.6. The first-order chi connectivity index (χ1) is 16.2. The molecule has 0 aliphatic heterocycles. The molecule has 0 saturated heterocycles. The Labute approximate surface area is 194 Å². The number of ether oxygens (including phenoxy) is 1. The molecule has 0 atom stereocenters. The molecule has 174 valence electrons. The molecule has 0 amide bonds. The molecule has 34 heavy (non-hydrogen) atoms. The van der Waals surface area contributed by atoms with Gasteiger partial charge in [-0.3, -0.25) is 20.2 Å². The Morgan fingerprint density at radius 2 is 1.65 bits per heavy atom. The number of oxime groups is 1. The maximum atomic E-state index is 12.6. The highest BCUT2D eigenvalue weighted by Gasteiger charge is 2.20. The van der Waals surface area contributed by atoms with E-state index in [9.17, 15) is 25.0 Å². The molecule has 0 fully saturated rings. The summed E-state index contributed by atoms with van der Waals surface area (Å²) in [6.07, 6.45) is 0.234. The molecule has 3 aromatic rings. The molecule has 0 radical (unpaired) electrons. The fourth-order valence-corrected chi connectivity index (χ4v) is 3.35. The summed E-state index contributed by atoms with van der Waals surface area (Å²) < 4.78 is 4.95. The highest BCUT2D eigenvalue weighted by atomic mass is 16.7. The van der Waals surface area contributed by atoms with Crippen molar-refractivity contribution >= 4 is 23.1 Å². The van der Waals surface area contributed by atoms with Crippen molar-refractivity contribution in [3.63, 3.8) is 0 Å². The average Bonchev–Trinajstić information content (AvgIpc) is 2.81. The molecule has 0 heterocycles. The van der Waals surface area contributed by atoms with Gasteiger partial charge >= 0.3 is 11.7 Å². The second kappa shape index (κ2) is 10.3. The normalized spacial score (nSPS) is 11.1. The van der Waals surface area contributed by atoms with Crippen molar-refractivity contribution in [2.45, 2.75) is 20.3 Å². The molecule has 3 rings (SSSR count). The molecule has 10 nitrogen and oxygen atoms in total. The van der Waals surface area contributed by atoms with Gasteiger partial charge in [0.2, 0.25) is 0 Å². The summed E-state index contributed by atoms with van der Waals surface area (Å²) >= 11 is 0. The fraction of sp³-hybridized carbons (Fsp3) is 0.167. The average molecular weight is 463 g/mol. The zero-order valence-electron chi connectivity index (χ0n) is 18.7. The van der Waals surface area contributed by atoms with Crippen molar-refractivity contribution in [1.82, 2.24) is 0 Å². The van der Waals surface area contributed by atoms with Crippen LogP contribution in [0.25, 0.3) is 0 Å². The number of methoxy groups -OCH3 is 1. The zero-order chi connectivity index (χ0) is 24.8. The van der Waals surface area contributed by atoms with Crippen LogP contribution >= 0.6 is 0 Å². The van der Waals surface area contributed by atoms with Crippen LogP contribution in [0.5, 0.6) is 5.75 Å². The van der Waals surface area contributed by atoms with E-state index < -0.39 is 15.8 Å². The molecule has 0 saturated carbocycles. The molecule has 0 aromatic heterocycles. The van der Waals surface area contributed by atoms with E-state index in [-0.39, 0.29) is 29.1 Å². The third kappa shape index (κ3) is 5.60. The third-order valence-corrected chi connectivity index (χ3v) is 5.06. The first-order valence-corrected chi connectivity index (χ1v) is 10.1. The Kier molecular flexibility index (Phi) is 7.32. The van der Waals surface area contributed by atoms with Crippen molar-refractivity contribution in [2.24, 2.45) is 5.16 Å². The van der Waals surface area contributed by atoms with E-state index in [1.807, 2.05) is 32.0 Å². The number of nitrogens with zero attached hydrogens (tertiary/aromatic N) is 3. The van der Waals surface area contributed by atoms with Crippen LogP contribution in [0.2, 0.25) is 0 Å². The molecular weight excluding hydrogens is 442 g/mol. The van der Waals surface area contributed by atoms with Crippen molar-refractivity contribution in [3.05, 3.63) is 109 Å². The minimum Gasteiger partial charge on any atom is -0.490 e. The summed E-state index contributed by atoms with van der Waals surface area (Å²) in [5, 5.41) is 26.2. The van der Waals surface area contributed by atoms with Gasteiger partial charge < -0.3 is 9.57 Å². The van der Waals surface area contributed by atoms with E-state index in [2.05, 4.69) is 5.16 Å². The van der Waals surface area contributed by atoms with Gasteiger partial charge in [-0.15, -0.1) is 0 Å². The summed E-state index contributed by atoms with van der Waals surface area (Å²) in [5.41, 5.74) is 3.34. The fourth-order valence-electron chi connectivity index (χ4n) is 3.35. The van der Waals surface area contributed by atoms with Crippen LogP contribution < -0.4 is 4.74 Å². The van der Waals surface area contributed by atoms with Gasteiger partial charge in [0.05, 0.1) is 28.2 Å². The predicted molar refractivity (Wildman–Crippen MR) is 124 cm³/mol.